The van der Waals surface area contributed by atoms with Crippen molar-refractivity contribution in [2.24, 2.45) is 0 Å². The molecule has 0 fully saturated rings. The van der Waals surface area contributed by atoms with E-state index >= 15 is 0 Å². The number of esters is 1. The fourth-order valence-corrected chi connectivity index (χ4v) is 1.45. The lowest BCUT2D eigenvalue weighted by Crippen LogP contribution is -1.91. The molecule has 0 saturated heterocycles. The molecule has 0 unspecified atom stereocenters. The van der Waals surface area contributed by atoms with Crippen LogP contribution in [0.25, 0.3) is 0 Å². The Kier molecular flexibility index (Phi) is 11.2. The lowest BCUT2D eigenvalue weighted by Gasteiger charge is -1.98. The van der Waals surface area contributed by atoms with Crippen molar-refractivity contribution in [2.45, 2.75) is 58.3 Å². The van der Waals surface area contributed by atoms with Crippen LogP contribution in [-0.2, 0) is 9.53 Å². The predicted octanol–water partition coefficient (Wildman–Crippen LogP) is 4.37. The summed E-state index contributed by atoms with van der Waals surface area (Å²) in [6, 6.07) is 0. The molecule has 0 aliphatic heterocycles. The molecule has 0 radical (unpaired) electrons. The topological polar surface area (TPSA) is 26.3 Å². The van der Waals surface area contributed by atoms with E-state index < -0.39 is 5.97 Å². The summed E-state index contributed by atoms with van der Waals surface area (Å²) in [5.41, 5.74) is 0. The minimum Gasteiger partial charge on any atom is -0.432 e. The molecule has 0 aromatic rings. The van der Waals surface area contributed by atoms with E-state index in [-0.39, 0.29) is 0 Å². The van der Waals surface area contributed by atoms with Gasteiger partial charge in [0.25, 0.3) is 0 Å². The van der Waals surface area contributed by atoms with E-state index in [1.165, 1.54) is 51.2 Å². The van der Waals surface area contributed by atoms with Crippen molar-refractivity contribution < 1.29 is 9.53 Å². The first kappa shape index (κ1) is 14.9. The Morgan fingerprint density at radius 1 is 1.12 bits per heavy atom. The fraction of sp³-hybridized carbons (Fsp3) is 0.643. The normalized spacial score (nSPS) is 10.6. The second kappa shape index (κ2) is 12.0. The van der Waals surface area contributed by atoms with E-state index in [1.54, 1.807) is 0 Å². The second-order valence-electron chi connectivity index (χ2n) is 3.92. The van der Waals surface area contributed by atoms with Gasteiger partial charge in [0.15, 0.2) is 0 Å². The highest BCUT2D eigenvalue weighted by atomic mass is 16.5. The number of ether oxygens (including phenoxy) is 1. The van der Waals surface area contributed by atoms with Crippen LogP contribution in [0, 0.1) is 0 Å². The van der Waals surface area contributed by atoms with Crippen LogP contribution in [0.2, 0.25) is 0 Å². The summed E-state index contributed by atoms with van der Waals surface area (Å²) >= 11 is 0. The molecular formula is C14H24O2. The Bertz CT molecular complexity index is 207. The quantitative estimate of drug-likeness (QED) is 0.238. The summed E-state index contributed by atoms with van der Waals surface area (Å²) < 4.78 is 4.71. The van der Waals surface area contributed by atoms with Crippen LogP contribution in [0.15, 0.2) is 25.0 Å². The van der Waals surface area contributed by atoms with E-state index in [9.17, 15) is 4.79 Å². The van der Waals surface area contributed by atoms with E-state index in [0.717, 1.165) is 12.5 Å². The zero-order valence-corrected chi connectivity index (χ0v) is 10.4. The number of hydrogen-bond acceptors (Lipinski definition) is 2. The zero-order chi connectivity index (χ0) is 12.1. The molecule has 0 aliphatic carbocycles. The molecule has 0 rings (SSSR count). The van der Waals surface area contributed by atoms with Gasteiger partial charge in [0.05, 0.1) is 6.26 Å². The molecule has 2 heteroatoms. The summed E-state index contributed by atoms with van der Waals surface area (Å²) in [6.45, 7) is 5.55. The van der Waals surface area contributed by atoms with Crippen LogP contribution in [0.4, 0.5) is 0 Å². The smallest absolute Gasteiger partial charge is 0.334 e. The van der Waals surface area contributed by atoms with E-state index in [2.05, 4.69) is 13.5 Å². The van der Waals surface area contributed by atoms with Gasteiger partial charge >= 0.3 is 5.97 Å². The summed E-state index contributed by atoms with van der Waals surface area (Å²) in [4.78, 5) is 10.7. The van der Waals surface area contributed by atoms with Crippen molar-refractivity contribution in [3.05, 3.63) is 25.0 Å². The molecule has 0 aliphatic rings. The highest BCUT2D eigenvalue weighted by Gasteiger charge is 1.90. The Hall–Kier alpha value is -1.05. The molecule has 0 bridgehead atoms. The third-order valence-corrected chi connectivity index (χ3v) is 2.42. The molecule has 0 spiro atoms. The van der Waals surface area contributed by atoms with Gasteiger partial charge in [0, 0.05) is 6.08 Å². The number of rotatable bonds is 10. The lowest BCUT2D eigenvalue weighted by molar-refractivity contribution is -0.132. The minimum absolute atomic E-state index is 0.393. The maximum Gasteiger partial charge on any atom is 0.334 e. The molecule has 0 heterocycles. The molecule has 0 aromatic heterocycles. The molecule has 0 N–H and O–H groups in total. The van der Waals surface area contributed by atoms with Crippen molar-refractivity contribution in [3.63, 3.8) is 0 Å². The molecule has 92 valence electrons. The van der Waals surface area contributed by atoms with Gasteiger partial charge < -0.3 is 4.74 Å². The van der Waals surface area contributed by atoms with Gasteiger partial charge in [-0.05, 0) is 18.9 Å². The standard InChI is InChI=1S/C14H24O2/c1-3-5-6-7-8-9-10-11-12-13-16-14(15)4-2/h4,12-13H,2-3,5-11H2,1H3. The number of unbranched alkanes of at least 4 members (excludes halogenated alkanes) is 7. The van der Waals surface area contributed by atoms with Gasteiger partial charge in [0.1, 0.15) is 0 Å². The minimum atomic E-state index is -0.393. The molecular weight excluding hydrogens is 200 g/mol. The van der Waals surface area contributed by atoms with Crippen molar-refractivity contribution in [2.75, 3.05) is 0 Å². The zero-order valence-electron chi connectivity index (χ0n) is 10.4. The third-order valence-electron chi connectivity index (χ3n) is 2.42. The van der Waals surface area contributed by atoms with Crippen LogP contribution in [0.5, 0.6) is 0 Å². The van der Waals surface area contributed by atoms with Crippen molar-refractivity contribution in [3.8, 4) is 0 Å². The summed E-state index contributed by atoms with van der Waals surface area (Å²) in [7, 11) is 0. The third kappa shape index (κ3) is 11.0. The highest BCUT2D eigenvalue weighted by molar-refractivity contribution is 5.81. The fourth-order valence-electron chi connectivity index (χ4n) is 1.45. The number of carbonyl (C=O) groups excluding carboxylic acids is 1. The molecule has 0 atom stereocenters. The van der Waals surface area contributed by atoms with Crippen LogP contribution in [0.3, 0.4) is 0 Å². The Morgan fingerprint density at radius 2 is 1.75 bits per heavy atom. The highest BCUT2D eigenvalue weighted by Crippen LogP contribution is 2.08. The Balaban J connectivity index is 3.14. The molecule has 0 aromatic carbocycles. The average molecular weight is 224 g/mol. The van der Waals surface area contributed by atoms with E-state index in [1.807, 2.05) is 6.08 Å². The van der Waals surface area contributed by atoms with E-state index in [0.29, 0.717) is 0 Å². The van der Waals surface area contributed by atoms with Gasteiger partial charge in [-0.25, -0.2) is 4.79 Å². The first-order valence-electron chi connectivity index (χ1n) is 6.29. The molecule has 0 amide bonds. The summed E-state index contributed by atoms with van der Waals surface area (Å²) in [6.07, 6.45) is 14.6. The van der Waals surface area contributed by atoms with Gasteiger partial charge in [-0.3, -0.25) is 0 Å². The maximum atomic E-state index is 10.7. The monoisotopic (exact) mass is 224 g/mol. The van der Waals surface area contributed by atoms with Gasteiger partial charge in [-0.2, -0.15) is 0 Å². The lowest BCUT2D eigenvalue weighted by atomic mass is 10.1. The number of carbonyl (C=O) groups is 1. The van der Waals surface area contributed by atoms with Crippen molar-refractivity contribution in [1.82, 2.24) is 0 Å². The van der Waals surface area contributed by atoms with Gasteiger partial charge in [-0.1, -0.05) is 52.0 Å². The van der Waals surface area contributed by atoms with Crippen LogP contribution in [-0.4, -0.2) is 5.97 Å². The summed E-state index contributed by atoms with van der Waals surface area (Å²) in [5, 5.41) is 0. The van der Waals surface area contributed by atoms with Crippen LogP contribution >= 0.6 is 0 Å². The van der Waals surface area contributed by atoms with E-state index in [4.69, 9.17) is 4.74 Å². The molecule has 2 nitrogen and oxygen atoms in total. The molecule has 16 heavy (non-hydrogen) atoms. The average Bonchev–Trinajstić information content (AvgIpc) is 2.31. The van der Waals surface area contributed by atoms with Crippen molar-refractivity contribution in [1.29, 1.82) is 0 Å². The van der Waals surface area contributed by atoms with Gasteiger partial charge in [0.2, 0.25) is 0 Å². The first-order valence-corrected chi connectivity index (χ1v) is 6.29. The first-order chi connectivity index (χ1) is 7.81. The maximum absolute atomic E-state index is 10.7. The number of hydrogen-bond donors (Lipinski definition) is 0. The summed E-state index contributed by atoms with van der Waals surface area (Å²) in [5.74, 6) is -0.393. The Labute approximate surface area is 99.4 Å². The largest absolute Gasteiger partial charge is 0.432 e. The number of allylic oxidation sites excluding steroid dienone is 1. The second-order valence-corrected chi connectivity index (χ2v) is 3.92. The SMILES string of the molecule is C=CC(=O)OC=CCCCCCCCCC. The molecule has 0 saturated carbocycles. The van der Waals surface area contributed by atoms with Crippen LogP contribution < -0.4 is 0 Å². The van der Waals surface area contributed by atoms with Crippen molar-refractivity contribution >= 4 is 5.97 Å². The Morgan fingerprint density at radius 3 is 2.38 bits per heavy atom. The predicted molar refractivity (Wildman–Crippen MR) is 68.0 cm³/mol. The van der Waals surface area contributed by atoms with Crippen LogP contribution in [0.1, 0.15) is 58.3 Å². The van der Waals surface area contributed by atoms with Gasteiger partial charge in [-0.15, -0.1) is 0 Å².